The van der Waals surface area contributed by atoms with Crippen molar-refractivity contribution in [1.82, 2.24) is 0 Å². The molecule has 0 aromatic heterocycles. The zero-order chi connectivity index (χ0) is 9.26. The standard InChI is InChI=1S/C11H16N2/c1-9(8-12)13-7-6-10-4-2-3-5-11(10)13/h2-5,9H,6-8,12H2,1H3. The zero-order valence-electron chi connectivity index (χ0n) is 8.03. The molecule has 1 aromatic rings. The molecule has 0 aliphatic carbocycles. The largest absolute Gasteiger partial charge is 0.367 e. The average molecular weight is 176 g/mol. The number of nitrogens with two attached hydrogens (primary N) is 1. The molecule has 0 saturated carbocycles. The van der Waals surface area contributed by atoms with Crippen LogP contribution in [0.25, 0.3) is 0 Å². The highest BCUT2D eigenvalue weighted by atomic mass is 15.2. The van der Waals surface area contributed by atoms with Gasteiger partial charge in [-0.1, -0.05) is 18.2 Å². The molecule has 2 nitrogen and oxygen atoms in total. The summed E-state index contributed by atoms with van der Waals surface area (Å²) in [5.74, 6) is 0. The maximum absolute atomic E-state index is 5.67. The topological polar surface area (TPSA) is 29.3 Å². The van der Waals surface area contributed by atoms with E-state index in [0.29, 0.717) is 6.04 Å². The Hall–Kier alpha value is -1.02. The lowest BCUT2D eigenvalue weighted by atomic mass is 10.2. The molecule has 0 radical (unpaired) electrons. The van der Waals surface area contributed by atoms with Crippen LogP contribution in [0.4, 0.5) is 5.69 Å². The maximum atomic E-state index is 5.67. The molecule has 2 rings (SSSR count). The van der Waals surface area contributed by atoms with E-state index in [9.17, 15) is 0 Å². The van der Waals surface area contributed by atoms with Crippen LogP contribution in [-0.2, 0) is 6.42 Å². The second kappa shape index (κ2) is 3.38. The van der Waals surface area contributed by atoms with Gasteiger partial charge in [0.05, 0.1) is 0 Å². The first-order valence-corrected chi connectivity index (χ1v) is 4.87. The first-order chi connectivity index (χ1) is 6.33. The first kappa shape index (κ1) is 8.57. The van der Waals surface area contributed by atoms with Crippen LogP contribution >= 0.6 is 0 Å². The predicted molar refractivity (Wildman–Crippen MR) is 56.0 cm³/mol. The molecular weight excluding hydrogens is 160 g/mol. The molecule has 1 heterocycles. The van der Waals surface area contributed by atoms with Crippen LogP contribution in [0.1, 0.15) is 12.5 Å². The number of nitrogens with zero attached hydrogens (tertiary/aromatic N) is 1. The van der Waals surface area contributed by atoms with E-state index in [1.807, 2.05) is 0 Å². The Kier molecular flexibility index (Phi) is 2.23. The van der Waals surface area contributed by atoms with Crippen molar-refractivity contribution in [1.29, 1.82) is 0 Å². The van der Waals surface area contributed by atoms with E-state index < -0.39 is 0 Å². The molecule has 0 bridgehead atoms. The summed E-state index contributed by atoms with van der Waals surface area (Å²) in [5, 5.41) is 0. The quantitative estimate of drug-likeness (QED) is 0.738. The van der Waals surface area contributed by atoms with Crippen LogP contribution < -0.4 is 10.6 Å². The Morgan fingerprint density at radius 1 is 1.46 bits per heavy atom. The number of hydrogen-bond acceptors (Lipinski definition) is 2. The fourth-order valence-corrected chi connectivity index (χ4v) is 1.95. The smallest absolute Gasteiger partial charge is 0.0402 e. The van der Waals surface area contributed by atoms with E-state index in [4.69, 9.17) is 5.73 Å². The number of para-hydroxylation sites is 1. The molecule has 1 aliphatic heterocycles. The van der Waals surface area contributed by atoms with Gasteiger partial charge < -0.3 is 10.6 Å². The van der Waals surface area contributed by atoms with Crippen molar-refractivity contribution in [2.45, 2.75) is 19.4 Å². The lowest BCUT2D eigenvalue weighted by molar-refractivity contribution is 0.663. The Morgan fingerprint density at radius 3 is 3.00 bits per heavy atom. The molecule has 1 aliphatic rings. The summed E-state index contributed by atoms with van der Waals surface area (Å²) in [4.78, 5) is 2.40. The number of hydrogen-bond donors (Lipinski definition) is 1. The highest BCUT2D eigenvalue weighted by molar-refractivity contribution is 5.58. The Bertz CT molecular complexity index is 296. The van der Waals surface area contributed by atoms with Crippen molar-refractivity contribution in [3.05, 3.63) is 29.8 Å². The highest BCUT2D eigenvalue weighted by Gasteiger charge is 2.21. The van der Waals surface area contributed by atoms with Gasteiger partial charge >= 0.3 is 0 Å². The van der Waals surface area contributed by atoms with Crippen LogP contribution in [-0.4, -0.2) is 19.1 Å². The second-order valence-electron chi connectivity index (χ2n) is 3.66. The van der Waals surface area contributed by atoms with Gasteiger partial charge in [0, 0.05) is 24.8 Å². The molecular formula is C11H16N2. The molecule has 2 heteroatoms. The molecule has 0 fully saturated rings. The Morgan fingerprint density at radius 2 is 2.23 bits per heavy atom. The SMILES string of the molecule is CC(CN)N1CCc2ccccc21. The van der Waals surface area contributed by atoms with E-state index in [0.717, 1.165) is 13.1 Å². The van der Waals surface area contributed by atoms with Gasteiger partial charge in [-0.25, -0.2) is 0 Å². The van der Waals surface area contributed by atoms with Gasteiger partial charge in [0.25, 0.3) is 0 Å². The molecule has 1 unspecified atom stereocenters. The van der Waals surface area contributed by atoms with Gasteiger partial charge in [0.1, 0.15) is 0 Å². The molecule has 2 N–H and O–H groups in total. The molecule has 70 valence electrons. The summed E-state index contributed by atoms with van der Waals surface area (Å²) in [6.07, 6.45) is 1.17. The normalized spacial score (nSPS) is 17.2. The maximum Gasteiger partial charge on any atom is 0.0402 e. The lowest BCUT2D eigenvalue weighted by Crippen LogP contribution is -2.37. The molecule has 0 saturated heterocycles. The summed E-state index contributed by atoms with van der Waals surface area (Å²) >= 11 is 0. The third kappa shape index (κ3) is 1.42. The van der Waals surface area contributed by atoms with Gasteiger partial charge in [-0.3, -0.25) is 0 Å². The van der Waals surface area contributed by atoms with Crippen LogP contribution in [0.15, 0.2) is 24.3 Å². The summed E-state index contributed by atoms with van der Waals surface area (Å²) in [6.45, 7) is 4.04. The van der Waals surface area contributed by atoms with Crippen LogP contribution in [0.2, 0.25) is 0 Å². The van der Waals surface area contributed by atoms with E-state index in [1.165, 1.54) is 17.7 Å². The Balaban J connectivity index is 2.28. The van der Waals surface area contributed by atoms with Gasteiger partial charge in [0.2, 0.25) is 0 Å². The third-order valence-electron chi connectivity index (χ3n) is 2.80. The summed E-state index contributed by atoms with van der Waals surface area (Å²) in [5.41, 5.74) is 8.50. The molecule has 0 spiro atoms. The zero-order valence-corrected chi connectivity index (χ0v) is 8.03. The fraction of sp³-hybridized carbons (Fsp3) is 0.455. The van der Waals surface area contributed by atoms with E-state index in [-0.39, 0.29) is 0 Å². The second-order valence-corrected chi connectivity index (χ2v) is 3.66. The van der Waals surface area contributed by atoms with Gasteiger partial charge in [-0.15, -0.1) is 0 Å². The van der Waals surface area contributed by atoms with E-state index in [2.05, 4.69) is 36.1 Å². The minimum atomic E-state index is 0.462. The van der Waals surface area contributed by atoms with Crippen molar-refractivity contribution in [3.63, 3.8) is 0 Å². The third-order valence-corrected chi connectivity index (χ3v) is 2.80. The van der Waals surface area contributed by atoms with Crippen LogP contribution in [0.3, 0.4) is 0 Å². The number of anilines is 1. The monoisotopic (exact) mass is 176 g/mol. The summed E-state index contributed by atoms with van der Waals surface area (Å²) in [6, 6.07) is 9.06. The van der Waals surface area contributed by atoms with Crippen molar-refractivity contribution in [2.75, 3.05) is 18.0 Å². The summed E-state index contributed by atoms with van der Waals surface area (Å²) < 4.78 is 0. The molecule has 13 heavy (non-hydrogen) atoms. The van der Waals surface area contributed by atoms with Gasteiger partial charge in [-0.2, -0.15) is 0 Å². The number of rotatable bonds is 2. The minimum Gasteiger partial charge on any atom is -0.367 e. The van der Waals surface area contributed by atoms with E-state index in [1.54, 1.807) is 0 Å². The minimum absolute atomic E-state index is 0.462. The van der Waals surface area contributed by atoms with Crippen molar-refractivity contribution < 1.29 is 0 Å². The van der Waals surface area contributed by atoms with Gasteiger partial charge in [-0.05, 0) is 25.0 Å². The van der Waals surface area contributed by atoms with Crippen molar-refractivity contribution >= 4 is 5.69 Å². The first-order valence-electron chi connectivity index (χ1n) is 4.87. The van der Waals surface area contributed by atoms with Crippen LogP contribution in [0.5, 0.6) is 0 Å². The average Bonchev–Trinajstić information content (AvgIpc) is 2.60. The fourth-order valence-electron chi connectivity index (χ4n) is 1.95. The lowest BCUT2D eigenvalue weighted by Gasteiger charge is -2.25. The highest BCUT2D eigenvalue weighted by Crippen LogP contribution is 2.28. The summed E-state index contributed by atoms with van der Waals surface area (Å²) in [7, 11) is 0. The van der Waals surface area contributed by atoms with E-state index >= 15 is 0 Å². The van der Waals surface area contributed by atoms with Crippen LogP contribution in [0, 0.1) is 0 Å². The van der Waals surface area contributed by atoms with Crippen molar-refractivity contribution in [2.24, 2.45) is 5.73 Å². The predicted octanol–water partition coefficient (Wildman–Crippen LogP) is 1.40. The Labute approximate surface area is 79.4 Å². The molecule has 0 amide bonds. The number of fused-ring (bicyclic) bond motifs is 1. The van der Waals surface area contributed by atoms with Gasteiger partial charge in [0.15, 0.2) is 0 Å². The van der Waals surface area contributed by atoms with Crippen molar-refractivity contribution in [3.8, 4) is 0 Å². The number of benzene rings is 1. The molecule has 1 atom stereocenters. The molecule has 1 aromatic carbocycles.